The molecule has 0 spiro atoms. The molecule has 0 radical (unpaired) electrons. The van der Waals surface area contributed by atoms with E-state index in [0.29, 0.717) is 24.2 Å². The molecule has 0 saturated carbocycles. The Hall–Kier alpha value is -4.98. The maximum atomic E-state index is 14.1. The SMILES string of the molecule is CCOC(=O)c1cccc(NC(=O)NCC(=O)N(Cc2ccccc2)C2c3ccccc3CCC2Cc2cccc(F)c2)c1. The van der Waals surface area contributed by atoms with Crippen LogP contribution in [-0.4, -0.2) is 36.0 Å². The Bertz CT molecular complexity index is 1610. The summed E-state index contributed by atoms with van der Waals surface area (Å²) in [6.07, 6.45) is 2.31. The highest BCUT2D eigenvalue weighted by Gasteiger charge is 2.36. The van der Waals surface area contributed by atoms with Gasteiger partial charge in [-0.2, -0.15) is 0 Å². The fraction of sp³-hybridized carbons (Fsp3) is 0.250. The lowest BCUT2D eigenvalue weighted by atomic mass is 9.76. The van der Waals surface area contributed by atoms with Crippen molar-refractivity contribution in [3.63, 3.8) is 0 Å². The van der Waals surface area contributed by atoms with Gasteiger partial charge in [-0.3, -0.25) is 4.79 Å². The van der Waals surface area contributed by atoms with Crippen LogP contribution in [0.5, 0.6) is 0 Å². The van der Waals surface area contributed by atoms with Crippen molar-refractivity contribution in [2.75, 3.05) is 18.5 Å². The molecule has 2 atom stereocenters. The van der Waals surface area contributed by atoms with Crippen molar-refractivity contribution < 1.29 is 23.5 Å². The Labute approximate surface area is 257 Å². The summed E-state index contributed by atoms with van der Waals surface area (Å²) < 4.78 is 19.2. The monoisotopic (exact) mass is 593 g/mol. The normalized spacial score (nSPS) is 15.5. The minimum Gasteiger partial charge on any atom is -0.462 e. The summed E-state index contributed by atoms with van der Waals surface area (Å²) in [6.45, 7) is 2.08. The van der Waals surface area contributed by atoms with Gasteiger partial charge in [0.2, 0.25) is 5.91 Å². The van der Waals surface area contributed by atoms with Crippen LogP contribution in [0.3, 0.4) is 0 Å². The van der Waals surface area contributed by atoms with E-state index in [0.717, 1.165) is 29.5 Å². The number of carbonyl (C=O) groups excluding carboxylic acids is 3. The molecule has 4 aromatic carbocycles. The molecule has 0 bridgehead atoms. The molecule has 4 aromatic rings. The lowest BCUT2D eigenvalue weighted by Gasteiger charge is -2.42. The van der Waals surface area contributed by atoms with E-state index in [2.05, 4.69) is 22.8 Å². The molecule has 2 N–H and O–H groups in total. The molecule has 5 rings (SSSR count). The predicted octanol–water partition coefficient (Wildman–Crippen LogP) is 6.70. The number of ether oxygens (including phenoxy) is 1. The van der Waals surface area contributed by atoms with Crippen LogP contribution < -0.4 is 10.6 Å². The van der Waals surface area contributed by atoms with Gasteiger partial charge in [0.25, 0.3) is 0 Å². The number of amides is 3. The number of hydrogen-bond acceptors (Lipinski definition) is 4. The van der Waals surface area contributed by atoms with Crippen LogP contribution in [0.1, 0.15) is 52.0 Å². The van der Waals surface area contributed by atoms with Crippen LogP contribution in [0.2, 0.25) is 0 Å². The van der Waals surface area contributed by atoms with Crippen LogP contribution >= 0.6 is 0 Å². The van der Waals surface area contributed by atoms with Gasteiger partial charge in [-0.15, -0.1) is 0 Å². The van der Waals surface area contributed by atoms with Gasteiger partial charge >= 0.3 is 12.0 Å². The van der Waals surface area contributed by atoms with Gasteiger partial charge in [0.15, 0.2) is 0 Å². The Morgan fingerprint density at radius 2 is 1.64 bits per heavy atom. The number of halogens is 1. The van der Waals surface area contributed by atoms with E-state index in [9.17, 15) is 18.8 Å². The highest BCUT2D eigenvalue weighted by atomic mass is 19.1. The van der Waals surface area contributed by atoms with Crippen molar-refractivity contribution in [1.29, 1.82) is 0 Å². The first kappa shape index (κ1) is 30.5. The third kappa shape index (κ3) is 7.69. The van der Waals surface area contributed by atoms with Crippen molar-refractivity contribution >= 4 is 23.6 Å². The molecular formula is C36H36FN3O4. The van der Waals surface area contributed by atoms with Crippen LogP contribution in [0.15, 0.2) is 103 Å². The van der Waals surface area contributed by atoms with E-state index in [-0.39, 0.29) is 36.8 Å². The Morgan fingerprint density at radius 3 is 2.43 bits per heavy atom. The number of benzene rings is 4. The van der Waals surface area contributed by atoms with Gasteiger partial charge in [0, 0.05) is 12.2 Å². The zero-order valence-electron chi connectivity index (χ0n) is 24.7. The average Bonchev–Trinajstić information content (AvgIpc) is 3.03. The third-order valence-corrected chi connectivity index (χ3v) is 7.88. The van der Waals surface area contributed by atoms with Gasteiger partial charge < -0.3 is 20.3 Å². The van der Waals surface area contributed by atoms with E-state index >= 15 is 0 Å². The second-order valence-electron chi connectivity index (χ2n) is 10.9. The summed E-state index contributed by atoms with van der Waals surface area (Å²) in [6, 6.07) is 30.1. The molecule has 44 heavy (non-hydrogen) atoms. The highest BCUT2D eigenvalue weighted by Crippen LogP contribution is 2.41. The van der Waals surface area contributed by atoms with Crippen LogP contribution in [0, 0.1) is 11.7 Å². The van der Waals surface area contributed by atoms with Crippen LogP contribution in [-0.2, 0) is 28.9 Å². The number of urea groups is 1. The Balaban J connectivity index is 1.38. The van der Waals surface area contributed by atoms with E-state index in [1.54, 1.807) is 37.3 Å². The van der Waals surface area contributed by atoms with Gasteiger partial charge in [-0.1, -0.05) is 72.8 Å². The number of nitrogens with zero attached hydrogens (tertiary/aromatic N) is 1. The molecule has 8 heteroatoms. The maximum absolute atomic E-state index is 14.1. The van der Waals surface area contributed by atoms with Crippen LogP contribution in [0.25, 0.3) is 0 Å². The van der Waals surface area contributed by atoms with Crippen molar-refractivity contribution in [3.05, 3.63) is 137 Å². The summed E-state index contributed by atoms with van der Waals surface area (Å²) in [4.78, 5) is 40.9. The summed E-state index contributed by atoms with van der Waals surface area (Å²) in [5.74, 6) is -0.964. The minimum absolute atomic E-state index is 0.0406. The third-order valence-electron chi connectivity index (χ3n) is 7.88. The second kappa shape index (κ2) is 14.5. The first-order chi connectivity index (χ1) is 21.4. The molecular weight excluding hydrogens is 557 g/mol. The molecule has 1 aliphatic carbocycles. The summed E-state index contributed by atoms with van der Waals surface area (Å²) >= 11 is 0. The summed E-state index contributed by atoms with van der Waals surface area (Å²) in [5, 5.41) is 5.40. The first-order valence-corrected chi connectivity index (χ1v) is 14.9. The highest BCUT2D eigenvalue weighted by molar-refractivity contribution is 5.95. The summed E-state index contributed by atoms with van der Waals surface area (Å²) in [5.41, 5.74) is 4.83. The van der Waals surface area contributed by atoms with Gasteiger partial charge in [-0.25, -0.2) is 14.0 Å². The summed E-state index contributed by atoms with van der Waals surface area (Å²) in [7, 11) is 0. The molecule has 0 aromatic heterocycles. The molecule has 1 aliphatic rings. The lowest BCUT2D eigenvalue weighted by molar-refractivity contribution is -0.135. The molecule has 3 amide bonds. The number of hydrogen-bond donors (Lipinski definition) is 2. The van der Waals surface area contributed by atoms with Gasteiger partial charge in [0.05, 0.1) is 24.8 Å². The predicted molar refractivity (Wildman–Crippen MR) is 168 cm³/mol. The molecule has 2 unspecified atom stereocenters. The quantitative estimate of drug-likeness (QED) is 0.200. The van der Waals surface area contributed by atoms with E-state index in [4.69, 9.17) is 4.74 Å². The van der Waals surface area contributed by atoms with Crippen molar-refractivity contribution in [1.82, 2.24) is 10.2 Å². The zero-order chi connectivity index (χ0) is 30.9. The molecule has 7 nitrogen and oxygen atoms in total. The van der Waals surface area contributed by atoms with E-state index in [1.165, 1.54) is 17.7 Å². The molecule has 0 saturated heterocycles. The number of esters is 1. The average molecular weight is 594 g/mol. The number of nitrogens with one attached hydrogen (secondary N) is 2. The topological polar surface area (TPSA) is 87.7 Å². The number of rotatable bonds is 10. The smallest absolute Gasteiger partial charge is 0.338 e. The van der Waals surface area contributed by atoms with Crippen molar-refractivity contribution in [2.45, 2.75) is 38.8 Å². The zero-order valence-corrected chi connectivity index (χ0v) is 24.7. The fourth-order valence-electron chi connectivity index (χ4n) is 5.90. The second-order valence-corrected chi connectivity index (χ2v) is 10.9. The standard InChI is InChI=1S/C36H36FN3O4/c1-2-44-35(42)29-14-9-16-31(22-29)39-36(43)38-23-33(41)40(24-25-10-4-3-5-11-25)34-28(20-26-12-8-15-30(37)21-26)19-18-27-13-6-7-17-32(27)34/h3-17,21-22,28,34H,2,18-20,23-24H2,1H3,(H2,38,39,43). The first-order valence-electron chi connectivity index (χ1n) is 14.9. The largest absolute Gasteiger partial charge is 0.462 e. The molecule has 0 heterocycles. The lowest BCUT2D eigenvalue weighted by Crippen LogP contribution is -2.46. The molecule has 0 fully saturated rings. The van der Waals surface area contributed by atoms with E-state index < -0.39 is 12.0 Å². The molecule has 226 valence electrons. The number of aryl methyl sites for hydroxylation is 1. The molecule has 0 aliphatic heterocycles. The minimum atomic E-state index is -0.570. The van der Waals surface area contributed by atoms with Crippen molar-refractivity contribution in [2.24, 2.45) is 5.92 Å². The van der Waals surface area contributed by atoms with Gasteiger partial charge in [0.1, 0.15) is 5.82 Å². The number of fused-ring (bicyclic) bond motifs is 1. The fourth-order valence-corrected chi connectivity index (χ4v) is 5.90. The number of carbonyl (C=O) groups is 3. The Morgan fingerprint density at radius 1 is 0.886 bits per heavy atom. The van der Waals surface area contributed by atoms with Crippen LogP contribution in [0.4, 0.5) is 14.9 Å². The van der Waals surface area contributed by atoms with Gasteiger partial charge in [-0.05, 0) is 84.7 Å². The van der Waals surface area contributed by atoms with Crippen molar-refractivity contribution in [3.8, 4) is 0 Å². The number of anilines is 1. The Kier molecular flexibility index (Phi) is 10.0. The van der Waals surface area contributed by atoms with E-state index in [1.807, 2.05) is 53.4 Å². The maximum Gasteiger partial charge on any atom is 0.338 e.